The Morgan fingerprint density at radius 2 is 2.00 bits per heavy atom. The Morgan fingerprint density at radius 1 is 1.43 bits per heavy atom. The molecule has 0 amide bonds. The number of aliphatic hydroxyl groups is 1. The maximum absolute atomic E-state index is 9.70. The third-order valence-electron chi connectivity index (χ3n) is 2.31. The molecule has 1 rings (SSSR count). The van der Waals surface area contributed by atoms with Gasteiger partial charge in [0, 0.05) is 10.5 Å². The molecule has 1 aromatic carbocycles. The van der Waals surface area contributed by atoms with Gasteiger partial charge in [0.25, 0.3) is 0 Å². The molecular formula is C11H16BrNO. The van der Waals surface area contributed by atoms with Crippen LogP contribution in [0.25, 0.3) is 0 Å². The summed E-state index contributed by atoms with van der Waals surface area (Å²) in [5, 5.41) is 9.70. The highest BCUT2D eigenvalue weighted by molar-refractivity contribution is 9.10. The largest absolute Gasteiger partial charge is 0.389 e. The molecule has 0 radical (unpaired) electrons. The van der Waals surface area contributed by atoms with Crippen molar-refractivity contribution in [1.82, 2.24) is 0 Å². The van der Waals surface area contributed by atoms with E-state index in [-0.39, 0.29) is 6.04 Å². The lowest BCUT2D eigenvalue weighted by Crippen LogP contribution is -2.44. The predicted molar refractivity (Wildman–Crippen MR) is 62.1 cm³/mol. The van der Waals surface area contributed by atoms with E-state index in [1.807, 2.05) is 24.3 Å². The molecule has 1 aromatic rings. The number of benzene rings is 1. The van der Waals surface area contributed by atoms with Crippen molar-refractivity contribution in [2.24, 2.45) is 5.73 Å². The van der Waals surface area contributed by atoms with Crippen LogP contribution in [0.5, 0.6) is 0 Å². The monoisotopic (exact) mass is 257 g/mol. The molecule has 0 saturated heterocycles. The lowest BCUT2D eigenvalue weighted by atomic mass is 9.93. The lowest BCUT2D eigenvalue weighted by Gasteiger charge is -2.25. The number of hydrogen-bond donors (Lipinski definition) is 2. The van der Waals surface area contributed by atoms with Gasteiger partial charge >= 0.3 is 0 Å². The summed E-state index contributed by atoms with van der Waals surface area (Å²) in [5.41, 5.74) is 6.17. The Labute approximate surface area is 93.3 Å². The SMILES string of the molecule is CC(C)(O)C(N)Cc1ccccc1Br. The Morgan fingerprint density at radius 3 is 2.50 bits per heavy atom. The summed E-state index contributed by atoms with van der Waals surface area (Å²) in [6, 6.07) is 7.67. The minimum Gasteiger partial charge on any atom is -0.389 e. The van der Waals surface area contributed by atoms with E-state index < -0.39 is 5.60 Å². The van der Waals surface area contributed by atoms with Crippen LogP contribution in [0.2, 0.25) is 0 Å². The summed E-state index contributed by atoms with van der Waals surface area (Å²) in [5.74, 6) is 0. The van der Waals surface area contributed by atoms with Crippen molar-refractivity contribution in [1.29, 1.82) is 0 Å². The van der Waals surface area contributed by atoms with Crippen LogP contribution in [0, 0.1) is 0 Å². The molecule has 1 unspecified atom stereocenters. The topological polar surface area (TPSA) is 46.2 Å². The summed E-state index contributed by atoms with van der Waals surface area (Å²) in [7, 11) is 0. The summed E-state index contributed by atoms with van der Waals surface area (Å²) >= 11 is 3.45. The van der Waals surface area contributed by atoms with Crippen molar-refractivity contribution in [2.45, 2.75) is 31.9 Å². The molecule has 2 nitrogen and oxygen atoms in total. The van der Waals surface area contributed by atoms with Gasteiger partial charge in [0.15, 0.2) is 0 Å². The second kappa shape index (κ2) is 4.43. The van der Waals surface area contributed by atoms with E-state index in [2.05, 4.69) is 15.9 Å². The fraction of sp³-hybridized carbons (Fsp3) is 0.455. The molecule has 3 N–H and O–H groups in total. The molecule has 78 valence electrons. The van der Waals surface area contributed by atoms with Crippen LogP contribution in [-0.2, 0) is 6.42 Å². The molecule has 0 bridgehead atoms. The fourth-order valence-electron chi connectivity index (χ4n) is 1.15. The maximum atomic E-state index is 9.70. The van der Waals surface area contributed by atoms with Crippen molar-refractivity contribution >= 4 is 15.9 Å². The van der Waals surface area contributed by atoms with Crippen LogP contribution in [0.1, 0.15) is 19.4 Å². The van der Waals surface area contributed by atoms with Gasteiger partial charge in [-0.1, -0.05) is 34.1 Å². The first-order chi connectivity index (χ1) is 6.41. The van der Waals surface area contributed by atoms with Crippen LogP contribution in [0.15, 0.2) is 28.7 Å². The van der Waals surface area contributed by atoms with E-state index in [4.69, 9.17) is 5.73 Å². The zero-order valence-electron chi connectivity index (χ0n) is 8.50. The van der Waals surface area contributed by atoms with Crippen molar-refractivity contribution in [2.75, 3.05) is 0 Å². The molecule has 0 heterocycles. The molecule has 3 heteroatoms. The average molecular weight is 258 g/mol. The first-order valence-electron chi connectivity index (χ1n) is 4.62. The summed E-state index contributed by atoms with van der Waals surface area (Å²) < 4.78 is 1.04. The number of halogens is 1. The van der Waals surface area contributed by atoms with Crippen molar-refractivity contribution in [3.05, 3.63) is 34.3 Å². The number of hydrogen-bond acceptors (Lipinski definition) is 2. The van der Waals surface area contributed by atoms with E-state index in [1.54, 1.807) is 13.8 Å². The molecule has 0 aliphatic heterocycles. The highest BCUT2D eigenvalue weighted by Gasteiger charge is 2.23. The third kappa shape index (κ3) is 3.08. The molecule has 14 heavy (non-hydrogen) atoms. The third-order valence-corrected chi connectivity index (χ3v) is 3.08. The van der Waals surface area contributed by atoms with Gasteiger partial charge in [0.05, 0.1) is 5.60 Å². The van der Waals surface area contributed by atoms with Gasteiger partial charge in [-0.2, -0.15) is 0 Å². The van der Waals surface area contributed by atoms with Crippen LogP contribution < -0.4 is 5.73 Å². The van der Waals surface area contributed by atoms with Crippen LogP contribution in [-0.4, -0.2) is 16.7 Å². The van der Waals surface area contributed by atoms with Crippen LogP contribution >= 0.6 is 15.9 Å². The van der Waals surface area contributed by atoms with E-state index in [1.165, 1.54) is 0 Å². The van der Waals surface area contributed by atoms with Crippen LogP contribution in [0.3, 0.4) is 0 Å². The predicted octanol–water partition coefficient (Wildman–Crippen LogP) is 2.09. The highest BCUT2D eigenvalue weighted by Crippen LogP contribution is 2.20. The minimum atomic E-state index is -0.838. The fourth-order valence-corrected chi connectivity index (χ4v) is 1.60. The van der Waals surface area contributed by atoms with Gasteiger partial charge in [-0.05, 0) is 31.9 Å². The first-order valence-corrected chi connectivity index (χ1v) is 5.42. The van der Waals surface area contributed by atoms with Crippen LogP contribution in [0.4, 0.5) is 0 Å². The quantitative estimate of drug-likeness (QED) is 0.872. The zero-order valence-corrected chi connectivity index (χ0v) is 10.1. The second-order valence-electron chi connectivity index (χ2n) is 4.06. The molecule has 0 aliphatic carbocycles. The summed E-state index contributed by atoms with van der Waals surface area (Å²) in [6.45, 7) is 3.46. The van der Waals surface area contributed by atoms with Crippen molar-refractivity contribution in [3.63, 3.8) is 0 Å². The molecular weight excluding hydrogens is 242 g/mol. The zero-order chi connectivity index (χ0) is 10.8. The van der Waals surface area contributed by atoms with Gasteiger partial charge in [0.1, 0.15) is 0 Å². The van der Waals surface area contributed by atoms with Gasteiger partial charge in [-0.25, -0.2) is 0 Å². The number of rotatable bonds is 3. The molecule has 0 aliphatic rings. The molecule has 0 fully saturated rings. The normalized spacial score (nSPS) is 14.1. The van der Waals surface area contributed by atoms with Gasteiger partial charge < -0.3 is 10.8 Å². The van der Waals surface area contributed by atoms with E-state index in [9.17, 15) is 5.11 Å². The number of nitrogens with two attached hydrogens (primary N) is 1. The van der Waals surface area contributed by atoms with Gasteiger partial charge in [0.2, 0.25) is 0 Å². The molecule has 0 saturated carbocycles. The molecule has 0 aromatic heterocycles. The van der Waals surface area contributed by atoms with Gasteiger partial charge in [-0.15, -0.1) is 0 Å². The maximum Gasteiger partial charge on any atom is 0.0745 e. The first kappa shape index (κ1) is 11.7. The minimum absolute atomic E-state index is 0.249. The van der Waals surface area contributed by atoms with Gasteiger partial charge in [-0.3, -0.25) is 0 Å². The van der Waals surface area contributed by atoms with E-state index in [0.29, 0.717) is 6.42 Å². The lowest BCUT2D eigenvalue weighted by molar-refractivity contribution is 0.0521. The summed E-state index contributed by atoms with van der Waals surface area (Å²) in [6.07, 6.45) is 0.672. The highest BCUT2D eigenvalue weighted by atomic mass is 79.9. The Kier molecular flexibility index (Phi) is 3.70. The molecule has 0 spiro atoms. The smallest absolute Gasteiger partial charge is 0.0745 e. The molecule has 1 atom stereocenters. The Bertz CT molecular complexity index is 306. The standard InChI is InChI=1S/C11H16BrNO/c1-11(2,14)10(13)7-8-5-3-4-6-9(8)12/h3-6,10,14H,7,13H2,1-2H3. The van der Waals surface area contributed by atoms with Crippen molar-refractivity contribution < 1.29 is 5.11 Å². The van der Waals surface area contributed by atoms with E-state index in [0.717, 1.165) is 10.0 Å². The summed E-state index contributed by atoms with van der Waals surface area (Å²) in [4.78, 5) is 0. The Balaban J connectivity index is 2.75. The van der Waals surface area contributed by atoms with E-state index >= 15 is 0 Å². The van der Waals surface area contributed by atoms with Crippen molar-refractivity contribution in [3.8, 4) is 0 Å². The second-order valence-corrected chi connectivity index (χ2v) is 4.91. The average Bonchev–Trinajstić information content (AvgIpc) is 2.07. The Hall–Kier alpha value is -0.380.